The largest absolute Gasteiger partial charge is 0.315 e. The van der Waals surface area contributed by atoms with Crippen molar-refractivity contribution >= 4 is 35.0 Å². The summed E-state index contributed by atoms with van der Waals surface area (Å²) in [5.41, 5.74) is 2.73. The molecule has 0 bridgehead atoms. The van der Waals surface area contributed by atoms with E-state index in [0.717, 1.165) is 16.9 Å². The second kappa shape index (κ2) is 7.93. The van der Waals surface area contributed by atoms with Gasteiger partial charge in [-0.2, -0.15) is 0 Å². The molecule has 0 fully saturated rings. The first-order chi connectivity index (χ1) is 12.5. The van der Waals surface area contributed by atoms with Crippen molar-refractivity contribution in [2.24, 2.45) is 0 Å². The summed E-state index contributed by atoms with van der Waals surface area (Å²) in [6.45, 7) is 3.82. The SMILES string of the molecule is Cc1ccc(-n2cnnc2S[C@H](C)C(=O)N(C)c2ccccc2)cc1Cl. The Kier molecular flexibility index (Phi) is 5.64. The highest BCUT2D eigenvalue weighted by atomic mass is 35.5. The summed E-state index contributed by atoms with van der Waals surface area (Å²) in [7, 11) is 1.78. The average molecular weight is 387 g/mol. The van der Waals surface area contributed by atoms with Gasteiger partial charge in [-0.3, -0.25) is 9.36 Å². The molecule has 0 radical (unpaired) electrons. The van der Waals surface area contributed by atoms with Crippen LogP contribution in [-0.2, 0) is 4.79 Å². The molecular weight excluding hydrogens is 368 g/mol. The minimum absolute atomic E-state index is 0.00214. The standard InChI is InChI=1S/C19H19ClN4OS/c1-13-9-10-16(11-17(13)20)24-12-21-22-19(24)26-14(2)18(25)23(3)15-7-5-4-6-8-15/h4-12,14H,1-3H3/t14-/m1/s1. The van der Waals surface area contributed by atoms with Crippen LogP contribution in [0.1, 0.15) is 12.5 Å². The van der Waals surface area contributed by atoms with Crippen molar-refractivity contribution in [2.45, 2.75) is 24.3 Å². The second-order valence-corrected chi connectivity index (χ2v) is 7.63. The average Bonchev–Trinajstić information content (AvgIpc) is 3.11. The number of benzene rings is 2. The van der Waals surface area contributed by atoms with Crippen LogP contribution in [0, 0.1) is 6.92 Å². The Balaban J connectivity index is 1.78. The molecule has 3 aromatic rings. The zero-order valence-electron chi connectivity index (χ0n) is 14.8. The molecular formula is C19H19ClN4OS. The van der Waals surface area contributed by atoms with Crippen LogP contribution < -0.4 is 4.90 Å². The fraction of sp³-hybridized carbons (Fsp3) is 0.211. The van der Waals surface area contributed by atoms with Gasteiger partial charge in [0.05, 0.1) is 10.9 Å². The van der Waals surface area contributed by atoms with E-state index in [0.29, 0.717) is 10.2 Å². The van der Waals surface area contributed by atoms with Gasteiger partial charge in [0, 0.05) is 17.8 Å². The number of halogens is 1. The summed E-state index contributed by atoms with van der Waals surface area (Å²) >= 11 is 7.59. The van der Waals surface area contributed by atoms with Gasteiger partial charge in [-0.25, -0.2) is 0 Å². The van der Waals surface area contributed by atoms with Gasteiger partial charge >= 0.3 is 0 Å². The zero-order chi connectivity index (χ0) is 18.7. The summed E-state index contributed by atoms with van der Waals surface area (Å²) in [6, 6.07) is 15.3. The number of para-hydroxylation sites is 1. The summed E-state index contributed by atoms with van der Waals surface area (Å²) in [5, 5.41) is 9.16. The molecule has 3 rings (SSSR count). The quantitative estimate of drug-likeness (QED) is 0.611. The van der Waals surface area contributed by atoms with Crippen LogP contribution in [-0.4, -0.2) is 33.0 Å². The molecule has 1 atom stereocenters. The van der Waals surface area contributed by atoms with E-state index in [1.807, 2.05) is 66.9 Å². The minimum Gasteiger partial charge on any atom is -0.315 e. The maximum absolute atomic E-state index is 12.7. The highest BCUT2D eigenvalue weighted by Gasteiger charge is 2.22. The van der Waals surface area contributed by atoms with Crippen molar-refractivity contribution in [3.8, 4) is 5.69 Å². The third-order valence-electron chi connectivity index (χ3n) is 4.05. The van der Waals surface area contributed by atoms with E-state index in [1.165, 1.54) is 11.8 Å². The van der Waals surface area contributed by atoms with Gasteiger partial charge in [0.1, 0.15) is 6.33 Å². The number of amides is 1. The van der Waals surface area contributed by atoms with Crippen LogP contribution in [0.3, 0.4) is 0 Å². The fourth-order valence-corrected chi connectivity index (χ4v) is 3.58. The van der Waals surface area contributed by atoms with Crippen molar-refractivity contribution in [2.75, 3.05) is 11.9 Å². The molecule has 1 amide bonds. The van der Waals surface area contributed by atoms with E-state index in [-0.39, 0.29) is 11.2 Å². The number of thioether (sulfide) groups is 1. The summed E-state index contributed by atoms with van der Waals surface area (Å²) < 4.78 is 1.84. The molecule has 2 aromatic carbocycles. The van der Waals surface area contributed by atoms with Crippen LogP contribution in [0.4, 0.5) is 5.69 Å². The lowest BCUT2D eigenvalue weighted by molar-refractivity contribution is -0.117. The molecule has 0 spiro atoms. The van der Waals surface area contributed by atoms with Gasteiger partial charge in [0.25, 0.3) is 0 Å². The van der Waals surface area contributed by atoms with Gasteiger partial charge in [-0.15, -0.1) is 10.2 Å². The van der Waals surface area contributed by atoms with E-state index in [1.54, 1.807) is 18.3 Å². The van der Waals surface area contributed by atoms with Crippen LogP contribution in [0.25, 0.3) is 5.69 Å². The number of rotatable bonds is 5. The Morgan fingerprint density at radius 3 is 2.65 bits per heavy atom. The maximum atomic E-state index is 12.7. The van der Waals surface area contributed by atoms with Gasteiger partial charge in [0.15, 0.2) is 5.16 Å². The van der Waals surface area contributed by atoms with Gasteiger partial charge in [-0.1, -0.05) is 47.6 Å². The fourth-order valence-electron chi connectivity index (χ4n) is 2.47. The molecule has 1 aromatic heterocycles. The number of aryl methyl sites for hydroxylation is 1. The van der Waals surface area contributed by atoms with Crippen molar-refractivity contribution in [3.05, 3.63) is 65.4 Å². The number of nitrogens with zero attached hydrogens (tertiary/aromatic N) is 4. The van der Waals surface area contributed by atoms with Gasteiger partial charge < -0.3 is 4.90 Å². The van der Waals surface area contributed by atoms with E-state index >= 15 is 0 Å². The molecule has 134 valence electrons. The van der Waals surface area contributed by atoms with Crippen molar-refractivity contribution in [1.29, 1.82) is 0 Å². The molecule has 0 aliphatic heterocycles. The van der Waals surface area contributed by atoms with E-state index in [4.69, 9.17) is 11.6 Å². The molecule has 1 heterocycles. The maximum Gasteiger partial charge on any atom is 0.240 e. The highest BCUT2D eigenvalue weighted by Crippen LogP contribution is 2.27. The zero-order valence-corrected chi connectivity index (χ0v) is 16.3. The lowest BCUT2D eigenvalue weighted by Gasteiger charge is -2.21. The predicted octanol–water partition coefficient (Wildman–Crippen LogP) is 4.37. The Hall–Kier alpha value is -2.31. The summed E-state index contributed by atoms with van der Waals surface area (Å²) in [4.78, 5) is 14.4. The van der Waals surface area contributed by atoms with E-state index < -0.39 is 0 Å². The van der Waals surface area contributed by atoms with Crippen LogP contribution in [0.2, 0.25) is 5.02 Å². The van der Waals surface area contributed by atoms with Gasteiger partial charge in [-0.05, 0) is 43.7 Å². The molecule has 26 heavy (non-hydrogen) atoms. The van der Waals surface area contributed by atoms with E-state index in [2.05, 4.69) is 10.2 Å². The van der Waals surface area contributed by atoms with Crippen molar-refractivity contribution < 1.29 is 4.79 Å². The summed E-state index contributed by atoms with van der Waals surface area (Å²) in [6.07, 6.45) is 1.63. The number of anilines is 1. The molecule has 0 saturated carbocycles. The van der Waals surface area contributed by atoms with Crippen LogP contribution in [0.15, 0.2) is 60.0 Å². The lowest BCUT2D eigenvalue weighted by Crippen LogP contribution is -2.33. The summed E-state index contributed by atoms with van der Waals surface area (Å²) in [5.74, 6) is -0.00214. The molecule has 0 aliphatic carbocycles. The Labute approximate surface area is 162 Å². The van der Waals surface area contributed by atoms with Crippen LogP contribution in [0.5, 0.6) is 0 Å². The molecule has 0 N–H and O–H groups in total. The second-order valence-electron chi connectivity index (χ2n) is 5.91. The Morgan fingerprint density at radius 1 is 1.23 bits per heavy atom. The number of aromatic nitrogens is 3. The molecule has 7 heteroatoms. The number of carbonyl (C=O) groups excluding carboxylic acids is 1. The predicted molar refractivity (Wildman–Crippen MR) is 106 cm³/mol. The van der Waals surface area contributed by atoms with Gasteiger partial charge in [0.2, 0.25) is 5.91 Å². The molecule has 0 saturated heterocycles. The normalized spacial score (nSPS) is 12.0. The van der Waals surface area contributed by atoms with Crippen molar-refractivity contribution in [3.63, 3.8) is 0 Å². The van der Waals surface area contributed by atoms with Crippen molar-refractivity contribution in [1.82, 2.24) is 14.8 Å². The molecule has 5 nitrogen and oxygen atoms in total. The number of hydrogen-bond donors (Lipinski definition) is 0. The first-order valence-electron chi connectivity index (χ1n) is 8.13. The minimum atomic E-state index is -0.316. The Morgan fingerprint density at radius 2 is 1.96 bits per heavy atom. The first kappa shape index (κ1) is 18.5. The third kappa shape index (κ3) is 3.92. The molecule has 0 unspecified atom stereocenters. The third-order valence-corrected chi connectivity index (χ3v) is 5.51. The number of hydrogen-bond acceptors (Lipinski definition) is 4. The lowest BCUT2D eigenvalue weighted by atomic mass is 10.2. The number of carbonyl (C=O) groups is 1. The van der Waals surface area contributed by atoms with E-state index in [9.17, 15) is 4.79 Å². The van der Waals surface area contributed by atoms with Crippen LogP contribution >= 0.6 is 23.4 Å². The smallest absolute Gasteiger partial charge is 0.240 e. The molecule has 0 aliphatic rings. The highest BCUT2D eigenvalue weighted by molar-refractivity contribution is 8.00. The Bertz CT molecular complexity index is 913. The monoisotopic (exact) mass is 386 g/mol. The first-order valence-corrected chi connectivity index (χ1v) is 9.39. The topological polar surface area (TPSA) is 51.0 Å².